The van der Waals surface area contributed by atoms with Crippen LogP contribution in [0.3, 0.4) is 0 Å². The molecule has 0 N–H and O–H groups in total. The van der Waals surface area contributed by atoms with Gasteiger partial charge in [0, 0.05) is 38.6 Å². The first-order valence-corrected chi connectivity index (χ1v) is 6.92. The number of rotatable bonds is 2. The predicted octanol–water partition coefficient (Wildman–Crippen LogP) is 1.25. The minimum absolute atomic E-state index is 0.166. The van der Waals surface area contributed by atoms with Gasteiger partial charge in [0.1, 0.15) is 6.10 Å². The standard InChI is InChI=1S/C13H23NO3/c1-11-3-2-7-17-13(11,12-4-8-16-12)14-5-9-15-10-6-14/h11-12H,2-10H2,1H3. The van der Waals surface area contributed by atoms with E-state index in [1.54, 1.807) is 0 Å². The molecule has 0 bridgehead atoms. The van der Waals surface area contributed by atoms with Gasteiger partial charge in [0.05, 0.1) is 13.2 Å². The molecule has 0 radical (unpaired) electrons. The maximum atomic E-state index is 6.27. The Balaban J connectivity index is 1.82. The summed E-state index contributed by atoms with van der Waals surface area (Å²) in [7, 11) is 0. The normalized spacial score (nSPS) is 44.3. The molecule has 3 aliphatic rings. The van der Waals surface area contributed by atoms with Crippen LogP contribution >= 0.6 is 0 Å². The van der Waals surface area contributed by atoms with Crippen LogP contribution in [0.25, 0.3) is 0 Å². The van der Waals surface area contributed by atoms with Crippen LogP contribution in [0.2, 0.25) is 0 Å². The first kappa shape index (κ1) is 11.9. The summed E-state index contributed by atoms with van der Waals surface area (Å²) in [6.07, 6.45) is 3.84. The van der Waals surface area contributed by atoms with Gasteiger partial charge in [-0.25, -0.2) is 0 Å². The summed E-state index contributed by atoms with van der Waals surface area (Å²) in [6.45, 7) is 7.69. The smallest absolute Gasteiger partial charge is 0.150 e. The molecule has 3 aliphatic heterocycles. The highest BCUT2D eigenvalue weighted by atomic mass is 16.6. The molecule has 0 spiro atoms. The van der Waals surface area contributed by atoms with Gasteiger partial charge in [-0.15, -0.1) is 0 Å². The zero-order valence-electron chi connectivity index (χ0n) is 10.7. The number of nitrogens with zero attached hydrogens (tertiary/aromatic N) is 1. The minimum Gasteiger partial charge on any atom is -0.379 e. The maximum absolute atomic E-state index is 6.27. The molecule has 0 aromatic carbocycles. The molecular formula is C13H23NO3. The fourth-order valence-electron chi connectivity index (χ4n) is 3.47. The van der Waals surface area contributed by atoms with Gasteiger partial charge in [-0.1, -0.05) is 6.92 Å². The Hall–Kier alpha value is -0.160. The lowest BCUT2D eigenvalue weighted by atomic mass is 9.81. The predicted molar refractivity (Wildman–Crippen MR) is 63.8 cm³/mol. The van der Waals surface area contributed by atoms with Crippen molar-refractivity contribution >= 4 is 0 Å². The van der Waals surface area contributed by atoms with Crippen molar-refractivity contribution in [3.8, 4) is 0 Å². The lowest BCUT2D eigenvalue weighted by Gasteiger charge is -2.56. The van der Waals surface area contributed by atoms with Crippen LogP contribution in [0.5, 0.6) is 0 Å². The number of hydrogen-bond acceptors (Lipinski definition) is 4. The Kier molecular flexibility index (Phi) is 3.39. The van der Waals surface area contributed by atoms with Crippen molar-refractivity contribution in [1.29, 1.82) is 0 Å². The monoisotopic (exact) mass is 241 g/mol. The molecule has 4 nitrogen and oxygen atoms in total. The zero-order valence-corrected chi connectivity index (χ0v) is 10.7. The average Bonchev–Trinajstić information content (AvgIpc) is 2.31. The highest BCUT2D eigenvalue weighted by molar-refractivity contribution is 4.99. The van der Waals surface area contributed by atoms with Crippen molar-refractivity contribution in [2.75, 3.05) is 39.5 Å². The van der Waals surface area contributed by atoms with Crippen molar-refractivity contribution in [3.63, 3.8) is 0 Å². The Morgan fingerprint density at radius 2 is 1.82 bits per heavy atom. The van der Waals surface area contributed by atoms with Gasteiger partial charge in [-0.2, -0.15) is 0 Å². The van der Waals surface area contributed by atoms with Gasteiger partial charge >= 0.3 is 0 Å². The van der Waals surface area contributed by atoms with Crippen molar-refractivity contribution in [1.82, 2.24) is 4.90 Å². The minimum atomic E-state index is -0.166. The number of ether oxygens (including phenoxy) is 3. The number of morpholine rings is 1. The molecule has 98 valence electrons. The second-order valence-corrected chi connectivity index (χ2v) is 5.39. The van der Waals surface area contributed by atoms with E-state index in [9.17, 15) is 0 Å². The van der Waals surface area contributed by atoms with Crippen LogP contribution in [0.1, 0.15) is 26.2 Å². The summed E-state index contributed by atoms with van der Waals surface area (Å²) < 4.78 is 17.5. The van der Waals surface area contributed by atoms with Gasteiger partial charge in [0.25, 0.3) is 0 Å². The molecule has 3 atom stereocenters. The van der Waals surface area contributed by atoms with Crippen LogP contribution in [0, 0.1) is 5.92 Å². The van der Waals surface area contributed by atoms with E-state index in [4.69, 9.17) is 14.2 Å². The summed E-state index contributed by atoms with van der Waals surface area (Å²) in [5.41, 5.74) is -0.166. The lowest BCUT2D eigenvalue weighted by Crippen LogP contribution is -2.68. The summed E-state index contributed by atoms with van der Waals surface area (Å²) in [5, 5.41) is 0. The van der Waals surface area contributed by atoms with E-state index in [1.165, 1.54) is 12.8 Å². The fourth-order valence-corrected chi connectivity index (χ4v) is 3.47. The average molecular weight is 241 g/mol. The Morgan fingerprint density at radius 3 is 2.41 bits per heavy atom. The van der Waals surface area contributed by atoms with Crippen molar-refractivity contribution in [2.45, 2.75) is 38.0 Å². The quantitative estimate of drug-likeness (QED) is 0.728. The first-order chi connectivity index (χ1) is 8.34. The highest BCUT2D eigenvalue weighted by Crippen LogP contribution is 2.42. The molecule has 4 heteroatoms. The summed E-state index contributed by atoms with van der Waals surface area (Å²) >= 11 is 0. The van der Waals surface area contributed by atoms with Crippen molar-refractivity contribution in [3.05, 3.63) is 0 Å². The molecule has 0 saturated carbocycles. The van der Waals surface area contributed by atoms with Crippen molar-refractivity contribution < 1.29 is 14.2 Å². The molecule has 3 heterocycles. The molecule has 3 saturated heterocycles. The van der Waals surface area contributed by atoms with Crippen LogP contribution < -0.4 is 0 Å². The molecule has 0 amide bonds. The Labute approximate surface area is 103 Å². The van der Waals surface area contributed by atoms with E-state index in [2.05, 4.69) is 11.8 Å². The molecule has 0 aliphatic carbocycles. The second kappa shape index (κ2) is 4.84. The van der Waals surface area contributed by atoms with Crippen LogP contribution in [0.15, 0.2) is 0 Å². The summed E-state index contributed by atoms with van der Waals surface area (Å²) in [4.78, 5) is 2.48. The second-order valence-electron chi connectivity index (χ2n) is 5.39. The molecule has 17 heavy (non-hydrogen) atoms. The third-order valence-corrected chi connectivity index (χ3v) is 4.49. The van der Waals surface area contributed by atoms with E-state index in [-0.39, 0.29) is 11.8 Å². The third-order valence-electron chi connectivity index (χ3n) is 4.49. The SMILES string of the molecule is CC1CCCOC1(C1CCO1)N1CCOCC1. The van der Waals surface area contributed by atoms with Crippen LogP contribution in [-0.4, -0.2) is 56.2 Å². The van der Waals surface area contributed by atoms with E-state index >= 15 is 0 Å². The van der Waals surface area contributed by atoms with E-state index < -0.39 is 0 Å². The highest BCUT2D eigenvalue weighted by Gasteiger charge is 2.53. The molecule has 3 rings (SSSR count). The molecular weight excluding hydrogens is 218 g/mol. The van der Waals surface area contributed by atoms with E-state index in [0.717, 1.165) is 45.9 Å². The third kappa shape index (κ3) is 1.91. The zero-order chi connectivity index (χ0) is 11.7. The van der Waals surface area contributed by atoms with Gasteiger partial charge < -0.3 is 14.2 Å². The lowest BCUT2D eigenvalue weighted by molar-refractivity contribution is -0.303. The molecule has 3 unspecified atom stereocenters. The van der Waals surface area contributed by atoms with Crippen LogP contribution in [0.4, 0.5) is 0 Å². The summed E-state index contributed by atoms with van der Waals surface area (Å²) in [5.74, 6) is 0.555. The van der Waals surface area contributed by atoms with E-state index in [1.807, 2.05) is 0 Å². The topological polar surface area (TPSA) is 30.9 Å². The molecule has 0 aromatic rings. The van der Waals surface area contributed by atoms with E-state index in [0.29, 0.717) is 5.92 Å². The maximum Gasteiger partial charge on any atom is 0.150 e. The van der Waals surface area contributed by atoms with Gasteiger partial charge in [-0.3, -0.25) is 4.90 Å². The van der Waals surface area contributed by atoms with Gasteiger partial charge in [0.15, 0.2) is 5.72 Å². The Bertz CT molecular complexity index is 259. The largest absolute Gasteiger partial charge is 0.379 e. The first-order valence-electron chi connectivity index (χ1n) is 6.92. The van der Waals surface area contributed by atoms with Gasteiger partial charge in [0.2, 0.25) is 0 Å². The van der Waals surface area contributed by atoms with Gasteiger partial charge in [-0.05, 0) is 12.8 Å². The molecule has 0 aromatic heterocycles. The number of hydrogen-bond donors (Lipinski definition) is 0. The molecule has 3 fully saturated rings. The Morgan fingerprint density at radius 1 is 1.06 bits per heavy atom. The van der Waals surface area contributed by atoms with Crippen LogP contribution in [-0.2, 0) is 14.2 Å². The van der Waals surface area contributed by atoms with Crippen molar-refractivity contribution in [2.24, 2.45) is 5.92 Å². The summed E-state index contributed by atoms with van der Waals surface area (Å²) in [6, 6.07) is 0. The fraction of sp³-hybridized carbons (Fsp3) is 1.00.